The third-order valence-electron chi connectivity index (χ3n) is 8.12. The average Bonchev–Trinajstić information content (AvgIpc) is 3.70. The molecule has 2 aromatic carbocycles. The minimum atomic E-state index is -0.510. The van der Waals surface area contributed by atoms with Gasteiger partial charge in [0.1, 0.15) is 12.0 Å². The predicted octanol–water partition coefficient (Wildman–Crippen LogP) is 4.99. The van der Waals surface area contributed by atoms with E-state index in [0.29, 0.717) is 30.5 Å². The van der Waals surface area contributed by atoms with Crippen LogP contribution in [-0.4, -0.2) is 96.1 Å². The van der Waals surface area contributed by atoms with E-state index >= 15 is 0 Å². The lowest BCUT2D eigenvalue weighted by molar-refractivity contribution is -0.118. The van der Waals surface area contributed by atoms with Gasteiger partial charge in [0.25, 0.3) is 0 Å². The number of nitrogens with one attached hydrogen (secondary N) is 2. The molecule has 3 heterocycles. The molecule has 260 valence electrons. The average molecular weight is 662 g/mol. The zero-order valence-corrected chi connectivity index (χ0v) is 28.5. The van der Waals surface area contributed by atoms with E-state index in [0.717, 1.165) is 88.7 Å². The first kappa shape index (κ1) is 37.7. The van der Waals surface area contributed by atoms with E-state index in [2.05, 4.69) is 34.4 Å². The number of likely N-dealkylation sites (tertiary alicyclic amines) is 2. The molecule has 12 heteroatoms. The van der Waals surface area contributed by atoms with Gasteiger partial charge in [0, 0.05) is 52.9 Å². The summed E-state index contributed by atoms with van der Waals surface area (Å²) in [6.45, 7) is 9.70. The summed E-state index contributed by atoms with van der Waals surface area (Å²) in [6, 6.07) is 16.8. The summed E-state index contributed by atoms with van der Waals surface area (Å²) in [5.74, 6) is 1.68. The highest BCUT2D eigenvalue weighted by Crippen LogP contribution is 2.24. The molecule has 0 saturated carbocycles. The number of carbonyl (C=O) groups is 3. The number of nitrogens with zero attached hydrogens (tertiary/aromatic N) is 5. The number of hydrogen-bond acceptors (Lipinski definition) is 10. The van der Waals surface area contributed by atoms with Crippen molar-refractivity contribution in [1.82, 2.24) is 19.8 Å². The Balaban J connectivity index is 0.000000540. The largest absolute Gasteiger partial charge is 0.415 e. The van der Waals surface area contributed by atoms with Crippen LogP contribution < -0.4 is 20.3 Å². The summed E-state index contributed by atoms with van der Waals surface area (Å²) in [5, 5.41) is 13.7. The van der Waals surface area contributed by atoms with Gasteiger partial charge in [-0.15, -0.1) is 0 Å². The number of piperidine rings is 1. The molecule has 0 radical (unpaired) electrons. The SMILES string of the molecule is CCN(CC)c1ncc(NCc2ccccc2)c(NC(C=O)Cc2ccc(OC(=O)N3CCCC3)cc2)n1.CO.O=CN1CCCCC1. The van der Waals surface area contributed by atoms with Gasteiger partial charge in [-0.25, -0.2) is 9.78 Å². The maximum atomic E-state index is 12.2. The number of aldehydes is 1. The Morgan fingerprint density at radius 3 is 2.15 bits per heavy atom. The molecule has 48 heavy (non-hydrogen) atoms. The molecule has 2 aliphatic heterocycles. The first-order chi connectivity index (χ1) is 23.5. The van der Waals surface area contributed by atoms with Crippen molar-refractivity contribution in [1.29, 1.82) is 0 Å². The molecule has 12 nitrogen and oxygen atoms in total. The maximum absolute atomic E-state index is 12.2. The van der Waals surface area contributed by atoms with Crippen LogP contribution in [0.25, 0.3) is 0 Å². The highest BCUT2D eigenvalue weighted by atomic mass is 16.6. The first-order valence-corrected chi connectivity index (χ1v) is 16.8. The molecule has 3 aromatic rings. The zero-order chi connectivity index (χ0) is 34.6. The number of benzene rings is 2. The number of amides is 2. The van der Waals surface area contributed by atoms with E-state index in [4.69, 9.17) is 14.8 Å². The maximum Gasteiger partial charge on any atom is 0.415 e. The van der Waals surface area contributed by atoms with E-state index in [1.54, 1.807) is 23.2 Å². The molecule has 1 unspecified atom stereocenters. The van der Waals surface area contributed by atoms with Gasteiger partial charge < -0.3 is 40.0 Å². The van der Waals surface area contributed by atoms with Crippen molar-refractivity contribution in [2.45, 2.75) is 65.0 Å². The van der Waals surface area contributed by atoms with Crippen LogP contribution in [0.2, 0.25) is 0 Å². The third kappa shape index (κ3) is 12.1. The fourth-order valence-corrected chi connectivity index (χ4v) is 5.41. The van der Waals surface area contributed by atoms with Crippen LogP contribution in [0.3, 0.4) is 0 Å². The fourth-order valence-electron chi connectivity index (χ4n) is 5.41. The van der Waals surface area contributed by atoms with E-state index in [-0.39, 0.29) is 6.09 Å². The third-order valence-corrected chi connectivity index (χ3v) is 8.12. The van der Waals surface area contributed by atoms with Crippen LogP contribution >= 0.6 is 0 Å². The smallest absolute Gasteiger partial charge is 0.410 e. The lowest BCUT2D eigenvalue weighted by Crippen LogP contribution is -2.30. The van der Waals surface area contributed by atoms with Crippen molar-refractivity contribution in [2.75, 3.05) is 61.9 Å². The Labute approximate surface area is 284 Å². The summed E-state index contributed by atoms with van der Waals surface area (Å²) in [7, 11) is 1.00. The molecule has 0 bridgehead atoms. The summed E-state index contributed by atoms with van der Waals surface area (Å²) < 4.78 is 5.49. The van der Waals surface area contributed by atoms with Crippen LogP contribution in [0.15, 0.2) is 60.8 Å². The second-order valence-corrected chi connectivity index (χ2v) is 11.4. The minimum absolute atomic E-state index is 0.314. The number of aromatic nitrogens is 2. The van der Waals surface area contributed by atoms with Crippen LogP contribution in [0.4, 0.5) is 22.2 Å². The van der Waals surface area contributed by atoms with Gasteiger partial charge in [-0.2, -0.15) is 4.98 Å². The quantitative estimate of drug-likeness (QED) is 0.215. The molecule has 2 saturated heterocycles. The number of anilines is 3. The van der Waals surface area contributed by atoms with Gasteiger partial charge >= 0.3 is 6.09 Å². The predicted molar refractivity (Wildman–Crippen MR) is 189 cm³/mol. The first-order valence-electron chi connectivity index (χ1n) is 16.8. The van der Waals surface area contributed by atoms with Crippen LogP contribution in [0.1, 0.15) is 57.1 Å². The molecule has 3 N–H and O–H groups in total. The van der Waals surface area contributed by atoms with Crippen molar-refractivity contribution >= 4 is 36.2 Å². The molecule has 2 aliphatic rings. The zero-order valence-electron chi connectivity index (χ0n) is 28.5. The number of carbonyl (C=O) groups excluding carboxylic acids is 3. The summed E-state index contributed by atoms with van der Waals surface area (Å²) in [5.41, 5.74) is 2.79. The molecule has 2 fully saturated rings. The number of ether oxygens (including phenoxy) is 1. The molecule has 1 aromatic heterocycles. The van der Waals surface area contributed by atoms with E-state index < -0.39 is 6.04 Å². The Morgan fingerprint density at radius 1 is 0.917 bits per heavy atom. The fraction of sp³-hybridized carbons (Fsp3) is 0.472. The Morgan fingerprint density at radius 2 is 1.56 bits per heavy atom. The number of hydrogen-bond donors (Lipinski definition) is 3. The van der Waals surface area contributed by atoms with Crippen LogP contribution in [0.5, 0.6) is 5.75 Å². The summed E-state index contributed by atoms with van der Waals surface area (Å²) >= 11 is 0. The second-order valence-electron chi connectivity index (χ2n) is 11.4. The lowest BCUT2D eigenvalue weighted by atomic mass is 10.1. The number of aliphatic hydroxyl groups is 1. The van der Waals surface area contributed by atoms with E-state index in [9.17, 15) is 14.4 Å². The van der Waals surface area contributed by atoms with Gasteiger partial charge in [0.15, 0.2) is 5.82 Å². The Hall–Kier alpha value is -4.71. The van der Waals surface area contributed by atoms with E-state index in [1.165, 1.54) is 19.3 Å². The van der Waals surface area contributed by atoms with E-state index in [1.807, 2.05) is 47.4 Å². The van der Waals surface area contributed by atoms with Crippen LogP contribution in [0, 0.1) is 0 Å². The normalized spacial score (nSPS) is 14.3. The molecule has 1 atom stereocenters. The summed E-state index contributed by atoms with van der Waals surface area (Å²) in [4.78, 5) is 49.3. The Bertz CT molecular complexity index is 1360. The van der Waals surface area contributed by atoms with Gasteiger partial charge in [-0.3, -0.25) is 4.79 Å². The van der Waals surface area contributed by atoms with Crippen molar-refractivity contribution in [2.24, 2.45) is 0 Å². The second kappa shape index (κ2) is 21.2. The van der Waals surface area contributed by atoms with Crippen molar-refractivity contribution in [3.63, 3.8) is 0 Å². The number of aliphatic hydroxyl groups excluding tert-OH is 1. The summed E-state index contributed by atoms with van der Waals surface area (Å²) in [6.07, 6.45) is 9.44. The van der Waals surface area contributed by atoms with Gasteiger partial charge in [0.2, 0.25) is 12.4 Å². The number of rotatable bonds is 13. The Kier molecular flexibility index (Phi) is 16.7. The van der Waals surface area contributed by atoms with Crippen molar-refractivity contribution in [3.05, 3.63) is 71.9 Å². The van der Waals surface area contributed by atoms with Crippen molar-refractivity contribution in [3.8, 4) is 5.75 Å². The molecule has 0 spiro atoms. The monoisotopic (exact) mass is 661 g/mol. The van der Waals surface area contributed by atoms with Gasteiger partial charge in [-0.05, 0) is 75.6 Å². The molecular formula is C36H51N7O5. The molecule has 0 aliphatic carbocycles. The highest BCUT2D eigenvalue weighted by molar-refractivity contribution is 5.72. The van der Waals surface area contributed by atoms with Gasteiger partial charge in [-0.1, -0.05) is 42.5 Å². The minimum Gasteiger partial charge on any atom is -0.410 e. The van der Waals surface area contributed by atoms with Gasteiger partial charge in [0.05, 0.1) is 17.9 Å². The molecule has 2 amide bonds. The molecular weight excluding hydrogens is 610 g/mol. The molecule has 5 rings (SSSR count). The highest BCUT2D eigenvalue weighted by Gasteiger charge is 2.20. The van der Waals surface area contributed by atoms with Crippen LogP contribution in [-0.2, 0) is 22.6 Å². The standard InChI is InChI=1S/C29H36N6O3.C6H11NO.CH4O/c1-3-34(4-2)28-31-20-26(30-19-23-10-6-5-7-11-23)27(33-28)32-24(21-36)18-22-12-14-25(15-13-22)38-29(37)35-16-8-9-17-35;8-6-7-4-2-1-3-5-7;1-2/h5-7,10-15,20-21,24,30H,3-4,8-9,16-19H2,1-2H3,(H,31,32,33);6H,1-5H2;2H,1H3. The topological polar surface area (TPSA) is 140 Å². The van der Waals surface area contributed by atoms with Crippen molar-refractivity contribution < 1.29 is 24.2 Å². The lowest BCUT2D eigenvalue weighted by Gasteiger charge is -2.22.